The van der Waals surface area contributed by atoms with E-state index in [1.54, 1.807) is 29.2 Å². The second kappa shape index (κ2) is 8.76. The van der Waals surface area contributed by atoms with Crippen LogP contribution in [-0.2, 0) is 6.54 Å². The molecule has 2 aliphatic rings. The lowest BCUT2D eigenvalue weighted by Gasteiger charge is -2.40. The fourth-order valence-electron chi connectivity index (χ4n) is 4.12. The number of likely N-dealkylation sites (tertiary alicyclic amines) is 2. The third-order valence-corrected chi connectivity index (χ3v) is 5.74. The highest BCUT2D eigenvalue weighted by molar-refractivity contribution is 5.56. The Hall–Kier alpha value is -2.05. The third kappa shape index (κ3) is 4.82. The first kappa shape index (κ1) is 18.3. The topological polar surface area (TPSA) is 54.3 Å². The van der Waals surface area contributed by atoms with Crippen molar-refractivity contribution in [1.29, 1.82) is 0 Å². The fourth-order valence-corrected chi connectivity index (χ4v) is 4.12. The summed E-state index contributed by atoms with van der Waals surface area (Å²) < 4.78 is 1.63. The van der Waals surface area contributed by atoms with Gasteiger partial charge in [-0.25, -0.2) is 4.68 Å². The van der Waals surface area contributed by atoms with Gasteiger partial charge >= 0.3 is 0 Å². The lowest BCUT2D eigenvalue weighted by atomic mass is 10.0. The van der Waals surface area contributed by atoms with Crippen LogP contribution in [-0.4, -0.2) is 63.8 Å². The van der Waals surface area contributed by atoms with Crippen molar-refractivity contribution in [3.63, 3.8) is 0 Å². The van der Waals surface area contributed by atoms with Gasteiger partial charge in [0.25, 0.3) is 5.56 Å². The molecule has 2 aromatic heterocycles. The molecular weight excluding hydrogens is 338 g/mol. The lowest BCUT2D eigenvalue weighted by molar-refractivity contribution is 0.0720. The average Bonchev–Trinajstić information content (AvgIpc) is 2.94. The number of aromatic nitrogens is 3. The largest absolute Gasteiger partial charge is 0.302 e. The fraction of sp³-hybridized carbons (Fsp3) is 0.571. The Labute approximate surface area is 160 Å². The maximum Gasteiger partial charge on any atom is 0.266 e. The van der Waals surface area contributed by atoms with Crippen LogP contribution >= 0.6 is 0 Å². The Kier molecular flexibility index (Phi) is 5.94. The smallest absolute Gasteiger partial charge is 0.266 e. The van der Waals surface area contributed by atoms with E-state index in [0.29, 0.717) is 12.5 Å². The first-order valence-corrected chi connectivity index (χ1v) is 10.2. The molecule has 6 nitrogen and oxygen atoms in total. The van der Waals surface area contributed by atoms with E-state index < -0.39 is 0 Å². The van der Waals surface area contributed by atoms with Gasteiger partial charge in [0.2, 0.25) is 0 Å². The van der Waals surface area contributed by atoms with Gasteiger partial charge in [-0.2, -0.15) is 5.10 Å². The van der Waals surface area contributed by atoms with Crippen LogP contribution in [0.5, 0.6) is 0 Å². The van der Waals surface area contributed by atoms with Crippen molar-refractivity contribution in [2.75, 3.05) is 39.3 Å². The molecule has 27 heavy (non-hydrogen) atoms. The molecule has 2 fully saturated rings. The lowest BCUT2D eigenvalue weighted by Crippen LogP contribution is -2.51. The number of hydrogen-bond acceptors (Lipinski definition) is 5. The summed E-state index contributed by atoms with van der Waals surface area (Å²) in [5.74, 6) is 0.520. The normalized spacial score (nSPS) is 19.6. The van der Waals surface area contributed by atoms with E-state index in [2.05, 4.69) is 19.9 Å². The molecule has 0 saturated carbocycles. The van der Waals surface area contributed by atoms with Gasteiger partial charge in [-0.1, -0.05) is 12.8 Å². The number of rotatable bonds is 6. The molecule has 2 aromatic rings. The molecular formula is C21H29N5O. The van der Waals surface area contributed by atoms with Crippen molar-refractivity contribution in [2.45, 2.75) is 32.2 Å². The summed E-state index contributed by atoms with van der Waals surface area (Å²) in [6.45, 7) is 7.70. The van der Waals surface area contributed by atoms with E-state index in [1.807, 2.05) is 12.1 Å². The average molecular weight is 367 g/mol. The van der Waals surface area contributed by atoms with Crippen LogP contribution in [0, 0.1) is 5.92 Å². The van der Waals surface area contributed by atoms with Gasteiger partial charge < -0.3 is 9.80 Å². The summed E-state index contributed by atoms with van der Waals surface area (Å²) >= 11 is 0. The minimum Gasteiger partial charge on any atom is -0.302 e. The van der Waals surface area contributed by atoms with Crippen molar-refractivity contribution < 1.29 is 0 Å². The van der Waals surface area contributed by atoms with E-state index in [9.17, 15) is 4.79 Å². The minimum atomic E-state index is -0.0178. The van der Waals surface area contributed by atoms with Crippen LogP contribution in [0.1, 0.15) is 25.7 Å². The number of nitrogens with zero attached hydrogens (tertiary/aromatic N) is 5. The standard InChI is InChI=1S/C21H29N5O/c27-21-6-5-20(19-7-9-22-10-8-19)23-26(21)17-18-15-25(16-18)14-13-24-11-3-1-2-4-12-24/h5-10,18H,1-4,11-17H2. The zero-order chi connectivity index (χ0) is 18.5. The highest BCUT2D eigenvalue weighted by Gasteiger charge is 2.27. The Bertz CT molecular complexity index is 777. The Morgan fingerprint density at radius 3 is 2.33 bits per heavy atom. The quantitative estimate of drug-likeness (QED) is 0.783. The third-order valence-electron chi connectivity index (χ3n) is 5.74. The Balaban J connectivity index is 1.28. The summed E-state index contributed by atoms with van der Waals surface area (Å²) in [6.07, 6.45) is 8.99. The van der Waals surface area contributed by atoms with Gasteiger partial charge in [0.15, 0.2) is 0 Å². The molecule has 0 aliphatic carbocycles. The van der Waals surface area contributed by atoms with Crippen LogP contribution in [0.15, 0.2) is 41.5 Å². The van der Waals surface area contributed by atoms with Gasteiger partial charge in [0.1, 0.15) is 0 Å². The van der Waals surface area contributed by atoms with Crippen molar-refractivity contribution in [2.24, 2.45) is 5.92 Å². The second-order valence-corrected chi connectivity index (χ2v) is 7.86. The Morgan fingerprint density at radius 1 is 0.889 bits per heavy atom. The molecule has 0 radical (unpaired) electrons. The molecule has 4 heterocycles. The van der Waals surface area contributed by atoms with E-state index in [-0.39, 0.29) is 5.56 Å². The highest BCUT2D eigenvalue weighted by atomic mass is 16.1. The summed E-state index contributed by atoms with van der Waals surface area (Å²) in [5, 5.41) is 4.57. The minimum absolute atomic E-state index is 0.0178. The molecule has 0 N–H and O–H groups in total. The first-order chi connectivity index (χ1) is 13.3. The van der Waals surface area contributed by atoms with E-state index in [0.717, 1.165) is 30.9 Å². The predicted octanol–water partition coefficient (Wildman–Crippen LogP) is 2.11. The van der Waals surface area contributed by atoms with Crippen LogP contribution < -0.4 is 5.56 Å². The molecule has 4 rings (SSSR count). The maximum atomic E-state index is 12.2. The van der Waals surface area contributed by atoms with E-state index in [4.69, 9.17) is 0 Å². The molecule has 144 valence electrons. The predicted molar refractivity (Wildman–Crippen MR) is 107 cm³/mol. The van der Waals surface area contributed by atoms with Crippen molar-refractivity contribution in [3.05, 3.63) is 47.0 Å². The van der Waals surface area contributed by atoms with E-state index in [1.165, 1.54) is 45.3 Å². The maximum absolute atomic E-state index is 12.2. The van der Waals surface area contributed by atoms with Gasteiger partial charge in [0.05, 0.1) is 12.2 Å². The molecule has 0 unspecified atom stereocenters. The van der Waals surface area contributed by atoms with Crippen molar-refractivity contribution >= 4 is 0 Å². The molecule has 0 atom stereocenters. The summed E-state index contributed by atoms with van der Waals surface area (Å²) in [5.41, 5.74) is 1.80. The Morgan fingerprint density at radius 2 is 1.59 bits per heavy atom. The van der Waals surface area contributed by atoms with Crippen molar-refractivity contribution in [1.82, 2.24) is 24.6 Å². The van der Waals surface area contributed by atoms with E-state index >= 15 is 0 Å². The summed E-state index contributed by atoms with van der Waals surface area (Å²) in [6, 6.07) is 7.26. The number of pyridine rings is 1. The van der Waals surface area contributed by atoms with Crippen LogP contribution in [0.3, 0.4) is 0 Å². The molecule has 6 heteroatoms. The van der Waals surface area contributed by atoms with Crippen LogP contribution in [0.2, 0.25) is 0 Å². The summed E-state index contributed by atoms with van der Waals surface area (Å²) in [7, 11) is 0. The van der Waals surface area contributed by atoms with Gasteiger partial charge in [-0.05, 0) is 44.1 Å². The monoisotopic (exact) mass is 367 g/mol. The van der Waals surface area contributed by atoms with Crippen LogP contribution in [0.4, 0.5) is 0 Å². The summed E-state index contributed by atoms with van der Waals surface area (Å²) in [4.78, 5) is 21.4. The number of hydrogen-bond donors (Lipinski definition) is 0. The van der Waals surface area contributed by atoms with Crippen molar-refractivity contribution in [3.8, 4) is 11.3 Å². The molecule has 2 saturated heterocycles. The first-order valence-electron chi connectivity index (χ1n) is 10.2. The zero-order valence-electron chi connectivity index (χ0n) is 16.0. The highest BCUT2D eigenvalue weighted by Crippen LogP contribution is 2.18. The van der Waals surface area contributed by atoms with Gasteiger partial charge in [0, 0.05) is 56.1 Å². The molecule has 0 bridgehead atoms. The van der Waals surface area contributed by atoms with Crippen LogP contribution in [0.25, 0.3) is 11.3 Å². The molecule has 2 aliphatic heterocycles. The molecule has 0 aromatic carbocycles. The van der Waals surface area contributed by atoms with Gasteiger partial charge in [-0.3, -0.25) is 9.78 Å². The van der Waals surface area contributed by atoms with Gasteiger partial charge in [-0.15, -0.1) is 0 Å². The second-order valence-electron chi connectivity index (χ2n) is 7.86. The SMILES string of the molecule is O=c1ccc(-c2ccncc2)nn1CC1CN(CCN2CCCCCC2)C1. The molecule has 0 spiro atoms. The molecule has 0 amide bonds. The zero-order valence-corrected chi connectivity index (χ0v) is 16.0.